The molecule has 0 aliphatic heterocycles. The second-order valence-corrected chi connectivity index (χ2v) is 7.23. The standard InChI is InChI=1S/C23H25NO3/c25-20(11-9-17-4-3-13-24-14-17)16-26-22-12-10-19-5-1-2-6-21(19)23(22)27-15-18-7-8-18/h1-6,10,12-14,18,20,25H,7-9,11,15-16H2/t20-/m1/s1. The Kier molecular flexibility index (Phi) is 5.54. The number of aliphatic hydroxyl groups is 1. The van der Waals surface area contributed by atoms with Crippen LogP contribution in [0.1, 0.15) is 24.8 Å². The van der Waals surface area contributed by atoms with Crippen LogP contribution in [0.4, 0.5) is 0 Å². The van der Waals surface area contributed by atoms with Crippen molar-refractivity contribution in [1.82, 2.24) is 4.98 Å². The highest BCUT2D eigenvalue weighted by molar-refractivity contribution is 5.90. The van der Waals surface area contributed by atoms with Crippen molar-refractivity contribution in [3.63, 3.8) is 0 Å². The summed E-state index contributed by atoms with van der Waals surface area (Å²) in [5, 5.41) is 12.5. The highest BCUT2D eigenvalue weighted by Crippen LogP contribution is 2.38. The van der Waals surface area contributed by atoms with E-state index in [2.05, 4.69) is 17.1 Å². The van der Waals surface area contributed by atoms with E-state index in [4.69, 9.17) is 9.47 Å². The average Bonchev–Trinajstić information content (AvgIpc) is 3.54. The number of benzene rings is 2. The number of pyridine rings is 1. The van der Waals surface area contributed by atoms with Gasteiger partial charge in [0.2, 0.25) is 0 Å². The fraction of sp³-hybridized carbons (Fsp3) is 0.348. The summed E-state index contributed by atoms with van der Waals surface area (Å²) in [5.74, 6) is 2.16. The number of hydrogen-bond acceptors (Lipinski definition) is 4. The summed E-state index contributed by atoms with van der Waals surface area (Å²) in [5.41, 5.74) is 1.12. The Morgan fingerprint density at radius 3 is 2.74 bits per heavy atom. The van der Waals surface area contributed by atoms with E-state index < -0.39 is 6.10 Å². The number of rotatable bonds is 9. The van der Waals surface area contributed by atoms with Gasteiger partial charge in [-0.3, -0.25) is 4.98 Å². The van der Waals surface area contributed by atoms with Crippen LogP contribution in [0.3, 0.4) is 0 Å². The predicted molar refractivity (Wildman–Crippen MR) is 106 cm³/mol. The molecule has 0 spiro atoms. The third-order valence-corrected chi connectivity index (χ3v) is 4.92. The molecule has 2 aromatic carbocycles. The Balaban J connectivity index is 1.41. The first-order valence-electron chi connectivity index (χ1n) is 9.64. The number of aromatic nitrogens is 1. The van der Waals surface area contributed by atoms with Gasteiger partial charge in [0.15, 0.2) is 11.5 Å². The van der Waals surface area contributed by atoms with Gasteiger partial charge < -0.3 is 14.6 Å². The minimum Gasteiger partial charge on any atom is -0.489 e. The monoisotopic (exact) mass is 363 g/mol. The van der Waals surface area contributed by atoms with Gasteiger partial charge in [0.1, 0.15) is 6.61 Å². The van der Waals surface area contributed by atoms with Crippen LogP contribution in [-0.2, 0) is 6.42 Å². The van der Waals surface area contributed by atoms with Crippen LogP contribution in [0.25, 0.3) is 10.8 Å². The molecule has 1 fully saturated rings. The Bertz CT molecular complexity index is 877. The molecule has 1 aliphatic rings. The van der Waals surface area contributed by atoms with Gasteiger partial charge in [-0.15, -0.1) is 0 Å². The lowest BCUT2D eigenvalue weighted by atomic mass is 10.1. The minimum atomic E-state index is -0.534. The molecular formula is C23H25NO3. The molecule has 4 heteroatoms. The Hall–Kier alpha value is -2.59. The van der Waals surface area contributed by atoms with Crippen LogP contribution in [0.5, 0.6) is 11.5 Å². The fourth-order valence-corrected chi connectivity index (χ4v) is 3.12. The van der Waals surface area contributed by atoms with Crippen LogP contribution in [0, 0.1) is 5.92 Å². The highest BCUT2D eigenvalue weighted by Gasteiger charge is 2.23. The number of nitrogens with zero attached hydrogens (tertiary/aromatic N) is 1. The number of aryl methyl sites for hydroxylation is 1. The van der Waals surface area contributed by atoms with Crippen LogP contribution in [-0.4, -0.2) is 29.4 Å². The predicted octanol–water partition coefficient (Wildman–Crippen LogP) is 4.40. The number of fused-ring (bicyclic) bond motifs is 1. The Morgan fingerprint density at radius 1 is 1.04 bits per heavy atom. The molecule has 0 unspecified atom stereocenters. The van der Waals surface area contributed by atoms with Crippen molar-refractivity contribution in [3.8, 4) is 11.5 Å². The smallest absolute Gasteiger partial charge is 0.168 e. The summed E-state index contributed by atoms with van der Waals surface area (Å²) < 4.78 is 12.1. The largest absolute Gasteiger partial charge is 0.489 e. The minimum absolute atomic E-state index is 0.248. The molecule has 4 nitrogen and oxygen atoms in total. The maximum atomic E-state index is 10.3. The van der Waals surface area contributed by atoms with Gasteiger partial charge in [-0.25, -0.2) is 0 Å². The van der Waals surface area contributed by atoms with Crippen LogP contribution < -0.4 is 9.47 Å². The molecule has 1 atom stereocenters. The topological polar surface area (TPSA) is 51.6 Å². The molecule has 0 amide bonds. The molecule has 1 heterocycles. The molecule has 1 aromatic heterocycles. The zero-order valence-corrected chi connectivity index (χ0v) is 15.4. The number of aliphatic hydroxyl groups excluding tert-OH is 1. The Labute approximate surface area is 159 Å². The van der Waals surface area contributed by atoms with Crippen molar-refractivity contribution < 1.29 is 14.6 Å². The van der Waals surface area contributed by atoms with Gasteiger partial charge >= 0.3 is 0 Å². The molecule has 4 rings (SSSR count). The number of ether oxygens (including phenoxy) is 2. The molecule has 3 aromatic rings. The fourth-order valence-electron chi connectivity index (χ4n) is 3.12. The van der Waals surface area contributed by atoms with Crippen molar-refractivity contribution in [2.75, 3.05) is 13.2 Å². The van der Waals surface area contributed by atoms with E-state index in [-0.39, 0.29) is 6.61 Å². The lowest BCUT2D eigenvalue weighted by molar-refractivity contribution is 0.0980. The van der Waals surface area contributed by atoms with Gasteiger partial charge in [0.25, 0.3) is 0 Å². The molecular weight excluding hydrogens is 338 g/mol. The first kappa shape index (κ1) is 17.8. The summed E-state index contributed by atoms with van der Waals surface area (Å²) >= 11 is 0. The second kappa shape index (κ2) is 8.40. The lowest BCUT2D eigenvalue weighted by Gasteiger charge is -2.17. The summed E-state index contributed by atoms with van der Waals surface area (Å²) in [6, 6.07) is 16.1. The third-order valence-electron chi connectivity index (χ3n) is 4.92. The Morgan fingerprint density at radius 2 is 1.93 bits per heavy atom. The average molecular weight is 363 g/mol. The van der Waals surface area contributed by atoms with Crippen molar-refractivity contribution in [1.29, 1.82) is 0 Å². The zero-order valence-electron chi connectivity index (χ0n) is 15.4. The summed E-state index contributed by atoms with van der Waals surface area (Å²) in [4.78, 5) is 4.11. The molecule has 0 bridgehead atoms. The molecule has 1 saturated carbocycles. The highest BCUT2D eigenvalue weighted by atomic mass is 16.5. The van der Waals surface area contributed by atoms with Crippen LogP contribution in [0.2, 0.25) is 0 Å². The molecule has 1 aliphatic carbocycles. The molecule has 0 radical (unpaired) electrons. The van der Waals surface area contributed by atoms with Crippen molar-refractivity contribution in [2.24, 2.45) is 5.92 Å². The van der Waals surface area contributed by atoms with E-state index in [1.807, 2.05) is 42.6 Å². The summed E-state index contributed by atoms with van der Waals surface area (Å²) in [6.45, 7) is 0.978. The van der Waals surface area contributed by atoms with E-state index in [1.54, 1.807) is 6.20 Å². The van der Waals surface area contributed by atoms with E-state index in [0.717, 1.165) is 35.1 Å². The molecule has 1 N–H and O–H groups in total. The first-order chi connectivity index (χ1) is 13.3. The summed E-state index contributed by atoms with van der Waals surface area (Å²) in [7, 11) is 0. The van der Waals surface area contributed by atoms with Gasteiger partial charge in [0, 0.05) is 17.8 Å². The van der Waals surface area contributed by atoms with E-state index in [9.17, 15) is 5.11 Å². The second-order valence-electron chi connectivity index (χ2n) is 7.23. The molecule has 27 heavy (non-hydrogen) atoms. The van der Waals surface area contributed by atoms with Crippen LogP contribution in [0.15, 0.2) is 60.9 Å². The third kappa shape index (κ3) is 4.77. The van der Waals surface area contributed by atoms with Gasteiger partial charge in [-0.05, 0) is 54.7 Å². The SMILES string of the molecule is O[C@H](CCc1cccnc1)COc1ccc2ccccc2c1OCC1CC1. The van der Waals surface area contributed by atoms with E-state index in [1.165, 1.54) is 12.8 Å². The van der Waals surface area contributed by atoms with E-state index >= 15 is 0 Å². The van der Waals surface area contributed by atoms with Crippen molar-refractivity contribution >= 4 is 10.8 Å². The first-order valence-corrected chi connectivity index (χ1v) is 9.64. The lowest BCUT2D eigenvalue weighted by Crippen LogP contribution is -2.18. The van der Waals surface area contributed by atoms with Crippen LogP contribution >= 0.6 is 0 Å². The normalized spacial score (nSPS) is 14.9. The molecule has 140 valence electrons. The summed E-state index contributed by atoms with van der Waals surface area (Å²) in [6.07, 6.45) is 6.96. The number of hydrogen-bond donors (Lipinski definition) is 1. The van der Waals surface area contributed by atoms with Gasteiger partial charge in [-0.2, -0.15) is 0 Å². The van der Waals surface area contributed by atoms with Crippen molar-refractivity contribution in [2.45, 2.75) is 31.8 Å². The maximum Gasteiger partial charge on any atom is 0.168 e. The zero-order chi connectivity index (χ0) is 18.5. The van der Waals surface area contributed by atoms with Crippen molar-refractivity contribution in [3.05, 3.63) is 66.5 Å². The van der Waals surface area contributed by atoms with E-state index in [0.29, 0.717) is 18.1 Å². The maximum absolute atomic E-state index is 10.3. The quantitative estimate of drug-likeness (QED) is 0.612. The van der Waals surface area contributed by atoms with Gasteiger partial charge in [0.05, 0.1) is 12.7 Å². The molecule has 0 saturated heterocycles. The van der Waals surface area contributed by atoms with Gasteiger partial charge in [-0.1, -0.05) is 36.4 Å².